The van der Waals surface area contributed by atoms with Gasteiger partial charge in [-0.25, -0.2) is 18.7 Å². The number of benzene rings is 2. The minimum atomic E-state index is -3.30. The normalized spacial score (nSPS) is 26.4. The van der Waals surface area contributed by atoms with Crippen molar-refractivity contribution in [2.45, 2.75) is 30.4 Å². The third-order valence-electron chi connectivity index (χ3n) is 5.88. The molecule has 2 heterocycles. The zero-order chi connectivity index (χ0) is 25.5. The number of anilines is 1. The number of nitrogens with zero attached hydrogens (tertiary/aromatic N) is 3. The maximum Gasteiger partial charge on any atom is 0.353 e. The van der Waals surface area contributed by atoms with Gasteiger partial charge in [-0.3, -0.25) is 0 Å². The number of hydrogen-bond donors (Lipinski definition) is 7. The number of phenolic OH excluding ortho intramolecular Hbond substituents is 1. The number of aromatic hydroxyl groups is 1. The number of aliphatic hydroxyl groups is 4. The Bertz CT molecular complexity index is 1290. The predicted octanol–water partition coefficient (Wildman–Crippen LogP) is -0.728. The highest BCUT2D eigenvalue weighted by atomic mass is 19.1. The fourth-order valence-corrected chi connectivity index (χ4v) is 4.03. The first-order valence-electron chi connectivity index (χ1n) is 10.3. The monoisotopic (exact) mass is 490 g/mol. The molecule has 35 heavy (non-hydrogen) atoms. The van der Waals surface area contributed by atoms with E-state index in [-0.39, 0.29) is 26.5 Å². The Balaban J connectivity index is 1.88. The molecule has 1 aliphatic rings. The molecule has 0 radical (unpaired) electrons. The van der Waals surface area contributed by atoms with Crippen LogP contribution in [0.1, 0.15) is 5.56 Å². The Hall–Kier alpha value is -3.43. The highest BCUT2D eigenvalue weighted by molar-refractivity contribution is 5.73. The summed E-state index contributed by atoms with van der Waals surface area (Å²) in [5.74, 6) is -4.72. The number of rotatable bonds is 6. The van der Waals surface area contributed by atoms with Gasteiger partial charge in [-0.1, -0.05) is 30.3 Å². The number of phenols is 1. The van der Waals surface area contributed by atoms with Gasteiger partial charge < -0.3 is 41.2 Å². The summed E-state index contributed by atoms with van der Waals surface area (Å²) < 4.78 is 20.0. The Labute approximate surface area is 197 Å². The van der Waals surface area contributed by atoms with E-state index in [1.807, 2.05) is 0 Å². The number of halogens is 1. The molecule has 13 heteroatoms. The van der Waals surface area contributed by atoms with E-state index < -0.39 is 54.3 Å². The van der Waals surface area contributed by atoms with Crippen LogP contribution < -0.4 is 11.4 Å². The average molecular weight is 490 g/mol. The van der Waals surface area contributed by atoms with Crippen molar-refractivity contribution < 1.29 is 39.9 Å². The second-order valence-corrected chi connectivity index (χ2v) is 8.00. The number of ether oxygens (including phenoxy) is 1. The summed E-state index contributed by atoms with van der Waals surface area (Å²) >= 11 is 0. The van der Waals surface area contributed by atoms with Crippen molar-refractivity contribution in [3.63, 3.8) is 0 Å². The van der Waals surface area contributed by atoms with E-state index in [1.54, 1.807) is 0 Å². The lowest BCUT2D eigenvalue weighted by molar-refractivity contribution is -0.413. The fraction of sp³-hybridized carbons (Fsp3) is 0.273. The van der Waals surface area contributed by atoms with Gasteiger partial charge >= 0.3 is 11.6 Å². The van der Waals surface area contributed by atoms with Crippen molar-refractivity contribution >= 4 is 5.82 Å². The van der Waals surface area contributed by atoms with E-state index in [4.69, 9.17) is 10.5 Å². The molecule has 0 amide bonds. The zero-order valence-corrected chi connectivity index (χ0v) is 18.1. The highest BCUT2D eigenvalue weighted by Gasteiger charge is 2.70. The highest BCUT2D eigenvalue weighted by Crippen LogP contribution is 2.45. The van der Waals surface area contributed by atoms with Gasteiger partial charge in [0.2, 0.25) is 5.72 Å². The number of aromatic nitrogens is 2. The number of aliphatic hydroxyl groups excluding tert-OH is 2. The van der Waals surface area contributed by atoms with Crippen LogP contribution in [0.3, 0.4) is 0 Å². The van der Waals surface area contributed by atoms with Crippen molar-refractivity contribution in [1.29, 1.82) is 0 Å². The van der Waals surface area contributed by atoms with Gasteiger partial charge in [-0.2, -0.15) is 0 Å². The number of hydrogen-bond acceptors (Lipinski definition) is 11. The topological polar surface area (TPSA) is 195 Å². The van der Waals surface area contributed by atoms with Crippen LogP contribution in [0.15, 0.2) is 59.5 Å². The van der Waals surface area contributed by atoms with Crippen molar-refractivity contribution in [2.24, 2.45) is 0 Å². The first kappa shape index (κ1) is 24.7. The Kier molecular flexibility index (Phi) is 6.33. The number of nitrogens with two attached hydrogens (primary N) is 1. The van der Waals surface area contributed by atoms with E-state index in [2.05, 4.69) is 4.98 Å². The van der Waals surface area contributed by atoms with Crippen LogP contribution in [0, 0.1) is 5.82 Å². The average Bonchev–Trinajstić information content (AvgIpc) is 3.03. The van der Waals surface area contributed by atoms with Crippen LogP contribution in [0.5, 0.6) is 5.75 Å². The van der Waals surface area contributed by atoms with E-state index in [9.17, 15) is 39.9 Å². The van der Waals surface area contributed by atoms with Gasteiger partial charge in [0.15, 0.2) is 0 Å². The maximum atomic E-state index is 14.4. The molecule has 0 aliphatic carbocycles. The van der Waals surface area contributed by atoms with Crippen LogP contribution >= 0.6 is 0 Å². The zero-order valence-electron chi connectivity index (χ0n) is 18.1. The van der Waals surface area contributed by atoms with Crippen LogP contribution in [0.2, 0.25) is 0 Å². The summed E-state index contributed by atoms with van der Waals surface area (Å²) in [5, 5.41) is 63.7. The van der Waals surface area contributed by atoms with Gasteiger partial charge in [0, 0.05) is 17.3 Å². The van der Waals surface area contributed by atoms with Gasteiger partial charge in [-0.15, -0.1) is 5.06 Å². The summed E-state index contributed by atoms with van der Waals surface area (Å²) in [7, 11) is 0. The van der Waals surface area contributed by atoms with Crippen molar-refractivity contribution in [3.8, 4) is 16.9 Å². The third-order valence-corrected chi connectivity index (χ3v) is 5.88. The molecule has 186 valence electrons. The Morgan fingerprint density at radius 2 is 1.80 bits per heavy atom. The predicted molar refractivity (Wildman–Crippen MR) is 117 cm³/mol. The molecular weight excluding hydrogens is 467 g/mol. The standard InChI is InChI=1S/C22H23FN4O8/c23-16-4-2-1-3-14(16)15-9-25-20(31)27(19(15)24)22(33)21(32,18(30)17(11-28)35-22)26(34)10-12-5-7-13(29)8-6-12/h1-9,17-18,28-30,32-34H,10-11,24H2/t17-,18-,21-,22+/m1/s1. The smallest absolute Gasteiger partial charge is 0.353 e. The summed E-state index contributed by atoms with van der Waals surface area (Å²) in [6.07, 6.45) is -2.91. The van der Waals surface area contributed by atoms with E-state index in [0.29, 0.717) is 5.56 Å². The molecule has 4 atom stereocenters. The second-order valence-electron chi connectivity index (χ2n) is 8.00. The molecule has 3 aromatic rings. The lowest BCUT2D eigenvalue weighted by Crippen LogP contribution is -2.68. The van der Waals surface area contributed by atoms with Gasteiger partial charge in [-0.05, 0) is 23.8 Å². The van der Waals surface area contributed by atoms with Crippen molar-refractivity contribution in [2.75, 3.05) is 12.3 Å². The summed E-state index contributed by atoms with van der Waals surface area (Å²) in [4.78, 5) is 16.3. The molecule has 1 aliphatic heterocycles. The molecule has 12 nitrogen and oxygen atoms in total. The molecule has 8 N–H and O–H groups in total. The molecule has 1 saturated heterocycles. The van der Waals surface area contributed by atoms with Crippen molar-refractivity contribution in [1.82, 2.24) is 14.6 Å². The molecule has 0 spiro atoms. The van der Waals surface area contributed by atoms with Crippen LogP contribution in [0.4, 0.5) is 10.2 Å². The summed E-state index contributed by atoms with van der Waals surface area (Å²) in [6, 6.07) is 10.7. The molecule has 1 aromatic heterocycles. The van der Waals surface area contributed by atoms with Crippen LogP contribution in [-0.2, 0) is 17.2 Å². The Morgan fingerprint density at radius 1 is 1.14 bits per heavy atom. The Morgan fingerprint density at radius 3 is 2.43 bits per heavy atom. The fourth-order valence-electron chi connectivity index (χ4n) is 4.03. The lowest BCUT2D eigenvalue weighted by atomic mass is 9.99. The molecule has 0 bridgehead atoms. The minimum Gasteiger partial charge on any atom is -0.508 e. The first-order chi connectivity index (χ1) is 16.5. The molecule has 2 aromatic carbocycles. The molecule has 0 unspecified atom stereocenters. The largest absolute Gasteiger partial charge is 0.508 e. The number of hydroxylamine groups is 2. The number of nitrogen functional groups attached to an aromatic ring is 1. The molecule has 0 saturated carbocycles. The third kappa shape index (κ3) is 3.84. The quantitative estimate of drug-likeness (QED) is 0.170. The summed E-state index contributed by atoms with van der Waals surface area (Å²) in [5.41, 5.74) is 1.69. The lowest BCUT2D eigenvalue weighted by Gasteiger charge is -2.42. The van der Waals surface area contributed by atoms with Crippen molar-refractivity contribution in [3.05, 3.63) is 76.6 Å². The molecule has 1 fully saturated rings. The van der Waals surface area contributed by atoms with Gasteiger partial charge in [0.25, 0.3) is 0 Å². The van der Waals surface area contributed by atoms with Crippen LogP contribution in [-0.4, -0.2) is 69.9 Å². The van der Waals surface area contributed by atoms with Gasteiger partial charge in [0.1, 0.15) is 29.6 Å². The van der Waals surface area contributed by atoms with E-state index >= 15 is 0 Å². The summed E-state index contributed by atoms with van der Waals surface area (Å²) in [6.45, 7) is -1.49. The van der Waals surface area contributed by atoms with Crippen LogP contribution in [0.25, 0.3) is 11.1 Å². The molecular formula is C22H23FN4O8. The van der Waals surface area contributed by atoms with E-state index in [0.717, 1.165) is 12.3 Å². The first-order valence-corrected chi connectivity index (χ1v) is 10.3. The molecule has 4 rings (SSSR count). The SMILES string of the molecule is Nc1c(-c2ccccc2F)cnc(=O)n1[C@@]1(O)O[C@H](CO)[C@@H](O)[C@]1(O)N(O)Cc1ccc(O)cc1. The van der Waals surface area contributed by atoms with E-state index in [1.165, 1.54) is 42.5 Å². The second kappa shape index (κ2) is 8.98. The van der Waals surface area contributed by atoms with Gasteiger partial charge in [0.05, 0.1) is 13.2 Å². The maximum absolute atomic E-state index is 14.4. The minimum absolute atomic E-state index is 0.0756.